The minimum atomic E-state index is -3.81. The molecule has 2 N–H and O–H groups in total. The number of nitrogens with one attached hydrogen (secondary N) is 2. The molecule has 0 saturated carbocycles. The molecule has 0 aliphatic heterocycles. The number of amides is 2. The standard InChI is InChI=1S/C19H23N3O5S/c1-4-22(28(25,26)18-11-9-17(27-3)10-12-18)13-19(24)21-16-7-5-15(6-8-16)20-14(2)23/h5-12H,4,13H2,1-3H3,(H,20,23)(H,21,24). The molecule has 0 saturated heterocycles. The first-order chi connectivity index (χ1) is 13.3. The van der Waals surface area contributed by atoms with E-state index in [4.69, 9.17) is 4.74 Å². The van der Waals surface area contributed by atoms with Gasteiger partial charge in [-0.3, -0.25) is 9.59 Å². The summed E-state index contributed by atoms with van der Waals surface area (Å²) in [6, 6.07) is 12.5. The van der Waals surface area contributed by atoms with Crippen LogP contribution in [0.15, 0.2) is 53.4 Å². The Morgan fingerprint density at radius 3 is 1.96 bits per heavy atom. The highest BCUT2D eigenvalue weighted by Gasteiger charge is 2.25. The zero-order chi connectivity index (χ0) is 20.7. The van der Waals surface area contributed by atoms with Gasteiger partial charge in [0.05, 0.1) is 18.6 Å². The van der Waals surface area contributed by atoms with E-state index in [1.807, 2.05) is 0 Å². The highest BCUT2D eigenvalue weighted by molar-refractivity contribution is 7.89. The third kappa shape index (κ3) is 5.54. The molecule has 2 aromatic rings. The number of carbonyl (C=O) groups is 2. The van der Waals surface area contributed by atoms with Crippen molar-refractivity contribution >= 4 is 33.2 Å². The van der Waals surface area contributed by atoms with E-state index >= 15 is 0 Å². The first-order valence-corrected chi connectivity index (χ1v) is 10.0. The van der Waals surface area contributed by atoms with Crippen LogP contribution in [0.1, 0.15) is 13.8 Å². The number of carbonyl (C=O) groups excluding carboxylic acids is 2. The van der Waals surface area contributed by atoms with Gasteiger partial charge in [-0.05, 0) is 48.5 Å². The zero-order valence-electron chi connectivity index (χ0n) is 15.9. The van der Waals surface area contributed by atoms with Crippen molar-refractivity contribution in [3.05, 3.63) is 48.5 Å². The number of hydrogen-bond donors (Lipinski definition) is 2. The lowest BCUT2D eigenvalue weighted by molar-refractivity contribution is -0.116. The van der Waals surface area contributed by atoms with Crippen molar-refractivity contribution in [2.24, 2.45) is 0 Å². The van der Waals surface area contributed by atoms with E-state index < -0.39 is 15.9 Å². The molecule has 0 bridgehead atoms. The minimum Gasteiger partial charge on any atom is -0.497 e. The lowest BCUT2D eigenvalue weighted by Crippen LogP contribution is -2.37. The first-order valence-electron chi connectivity index (χ1n) is 8.58. The Hall–Kier alpha value is -2.91. The highest BCUT2D eigenvalue weighted by Crippen LogP contribution is 2.20. The molecule has 2 aromatic carbocycles. The largest absolute Gasteiger partial charge is 0.497 e. The van der Waals surface area contributed by atoms with Crippen LogP contribution in [-0.2, 0) is 19.6 Å². The van der Waals surface area contributed by atoms with Gasteiger partial charge in [-0.2, -0.15) is 4.31 Å². The van der Waals surface area contributed by atoms with Gasteiger partial charge in [0.25, 0.3) is 0 Å². The van der Waals surface area contributed by atoms with Crippen molar-refractivity contribution in [2.75, 3.05) is 30.8 Å². The molecule has 2 amide bonds. The van der Waals surface area contributed by atoms with E-state index in [0.717, 1.165) is 4.31 Å². The minimum absolute atomic E-state index is 0.0858. The van der Waals surface area contributed by atoms with Gasteiger partial charge in [0, 0.05) is 24.8 Å². The van der Waals surface area contributed by atoms with Crippen LogP contribution in [0.4, 0.5) is 11.4 Å². The molecule has 8 nitrogen and oxygen atoms in total. The third-order valence-electron chi connectivity index (χ3n) is 3.86. The fourth-order valence-corrected chi connectivity index (χ4v) is 3.87. The second-order valence-electron chi connectivity index (χ2n) is 5.91. The predicted molar refractivity (Wildman–Crippen MR) is 107 cm³/mol. The van der Waals surface area contributed by atoms with Gasteiger partial charge in [-0.15, -0.1) is 0 Å². The molecule has 0 radical (unpaired) electrons. The maximum absolute atomic E-state index is 12.8. The average molecular weight is 405 g/mol. The Morgan fingerprint density at radius 2 is 1.50 bits per heavy atom. The molecule has 9 heteroatoms. The predicted octanol–water partition coefficient (Wildman–Crippen LogP) is 2.30. The Kier molecular flexibility index (Phi) is 7.13. The number of ether oxygens (including phenoxy) is 1. The number of benzene rings is 2. The molecule has 2 rings (SSSR count). The summed E-state index contributed by atoms with van der Waals surface area (Å²) in [7, 11) is -2.32. The summed E-state index contributed by atoms with van der Waals surface area (Å²) in [6.07, 6.45) is 0. The Morgan fingerprint density at radius 1 is 0.964 bits per heavy atom. The lowest BCUT2D eigenvalue weighted by Gasteiger charge is -2.20. The number of nitrogens with zero attached hydrogens (tertiary/aromatic N) is 1. The van der Waals surface area contributed by atoms with Crippen LogP contribution >= 0.6 is 0 Å². The van der Waals surface area contributed by atoms with Crippen LogP contribution in [0.5, 0.6) is 5.75 Å². The fourth-order valence-electron chi connectivity index (χ4n) is 2.46. The molecular formula is C19H23N3O5S. The van der Waals surface area contributed by atoms with Crippen molar-refractivity contribution in [1.29, 1.82) is 0 Å². The molecular weight excluding hydrogens is 382 g/mol. The van der Waals surface area contributed by atoms with Gasteiger partial charge in [-0.1, -0.05) is 6.92 Å². The van der Waals surface area contributed by atoms with Crippen molar-refractivity contribution < 1.29 is 22.7 Å². The number of methoxy groups -OCH3 is 1. The topological polar surface area (TPSA) is 105 Å². The number of likely N-dealkylation sites (N-methyl/N-ethyl adjacent to an activating group) is 1. The quantitative estimate of drug-likeness (QED) is 0.701. The van der Waals surface area contributed by atoms with Crippen LogP contribution in [-0.4, -0.2) is 44.7 Å². The molecule has 0 heterocycles. The SMILES string of the molecule is CCN(CC(=O)Nc1ccc(NC(C)=O)cc1)S(=O)(=O)c1ccc(OC)cc1. The summed E-state index contributed by atoms with van der Waals surface area (Å²) in [5.74, 6) is -0.118. The maximum atomic E-state index is 12.8. The van der Waals surface area contributed by atoms with Crippen molar-refractivity contribution in [2.45, 2.75) is 18.7 Å². The maximum Gasteiger partial charge on any atom is 0.243 e. The van der Waals surface area contributed by atoms with Gasteiger partial charge in [0.1, 0.15) is 5.75 Å². The van der Waals surface area contributed by atoms with Crippen LogP contribution in [0.2, 0.25) is 0 Å². The number of hydrogen-bond acceptors (Lipinski definition) is 5. The van der Waals surface area contributed by atoms with E-state index in [1.54, 1.807) is 43.3 Å². The van der Waals surface area contributed by atoms with Crippen LogP contribution in [0.3, 0.4) is 0 Å². The molecule has 0 aliphatic rings. The molecule has 0 fully saturated rings. The van der Waals surface area contributed by atoms with Crippen molar-refractivity contribution in [1.82, 2.24) is 4.31 Å². The van der Waals surface area contributed by atoms with Gasteiger partial charge in [0.2, 0.25) is 21.8 Å². The van der Waals surface area contributed by atoms with Crippen molar-refractivity contribution in [3.8, 4) is 5.75 Å². The zero-order valence-corrected chi connectivity index (χ0v) is 16.7. The Balaban J connectivity index is 2.06. The second-order valence-corrected chi connectivity index (χ2v) is 7.85. The number of sulfonamides is 1. The molecule has 0 aromatic heterocycles. The van der Waals surface area contributed by atoms with Crippen LogP contribution < -0.4 is 15.4 Å². The van der Waals surface area contributed by atoms with Crippen molar-refractivity contribution in [3.63, 3.8) is 0 Å². The summed E-state index contributed by atoms with van der Waals surface area (Å²) in [5, 5.41) is 5.28. The van der Waals surface area contributed by atoms with Gasteiger partial charge < -0.3 is 15.4 Å². The van der Waals surface area contributed by atoms with E-state index in [1.165, 1.54) is 26.2 Å². The molecule has 28 heavy (non-hydrogen) atoms. The third-order valence-corrected chi connectivity index (χ3v) is 5.79. The van der Waals surface area contributed by atoms with E-state index in [2.05, 4.69) is 10.6 Å². The molecule has 0 atom stereocenters. The Labute approximate surface area is 164 Å². The molecule has 0 unspecified atom stereocenters. The summed E-state index contributed by atoms with van der Waals surface area (Å²) in [5.41, 5.74) is 1.10. The van der Waals surface area contributed by atoms with Crippen LogP contribution in [0, 0.1) is 0 Å². The van der Waals surface area contributed by atoms with E-state index in [9.17, 15) is 18.0 Å². The number of rotatable bonds is 8. The fraction of sp³-hybridized carbons (Fsp3) is 0.263. The molecule has 150 valence electrons. The highest BCUT2D eigenvalue weighted by atomic mass is 32.2. The normalized spacial score (nSPS) is 11.1. The van der Waals surface area contributed by atoms with E-state index in [0.29, 0.717) is 17.1 Å². The summed E-state index contributed by atoms with van der Waals surface area (Å²) in [6.45, 7) is 2.89. The smallest absolute Gasteiger partial charge is 0.243 e. The Bertz CT molecular complexity index is 925. The molecule has 0 aliphatic carbocycles. The lowest BCUT2D eigenvalue weighted by atomic mass is 10.2. The molecule has 0 spiro atoms. The summed E-state index contributed by atoms with van der Waals surface area (Å²) < 4.78 is 31.7. The summed E-state index contributed by atoms with van der Waals surface area (Å²) >= 11 is 0. The van der Waals surface area contributed by atoms with Gasteiger partial charge >= 0.3 is 0 Å². The van der Waals surface area contributed by atoms with Gasteiger partial charge in [0.15, 0.2) is 0 Å². The van der Waals surface area contributed by atoms with E-state index in [-0.39, 0.29) is 23.9 Å². The van der Waals surface area contributed by atoms with Gasteiger partial charge in [-0.25, -0.2) is 8.42 Å². The number of anilines is 2. The second kappa shape index (κ2) is 9.34. The monoisotopic (exact) mass is 405 g/mol. The summed E-state index contributed by atoms with van der Waals surface area (Å²) in [4.78, 5) is 23.4. The van der Waals surface area contributed by atoms with Crippen LogP contribution in [0.25, 0.3) is 0 Å². The average Bonchev–Trinajstić information content (AvgIpc) is 2.67. The first kappa shape index (κ1) is 21.4.